The van der Waals surface area contributed by atoms with Gasteiger partial charge in [-0.25, -0.2) is 0 Å². The van der Waals surface area contributed by atoms with Crippen LogP contribution in [0.2, 0.25) is 0 Å². The van der Waals surface area contributed by atoms with E-state index in [4.69, 9.17) is 4.74 Å². The van der Waals surface area contributed by atoms with Crippen molar-refractivity contribution in [1.82, 2.24) is 10.2 Å². The van der Waals surface area contributed by atoms with Gasteiger partial charge in [-0.05, 0) is 20.9 Å². The number of aliphatic hydroxyl groups is 1. The molecule has 1 amide bonds. The summed E-state index contributed by atoms with van der Waals surface area (Å²) in [6.45, 7) is 5.35. The highest BCUT2D eigenvalue weighted by molar-refractivity contribution is 5.76. The summed E-state index contributed by atoms with van der Waals surface area (Å²) in [7, 11) is 3.43. The van der Waals surface area contributed by atoms with Crippen LogP contribution >= 0.6 is 0 Å². The zero-order chi connectivity index (χ0) is 12.6. The van der Waals surface area contributed by atoms with Gasteiger partial charge in [0.15, 0.2) is 0 Å². The standard InChI is InChI=1S/C11H24N2O3/c1-9(2)12-11(15)5-6-13(3)7-10(14)8-16-4/h9-10,14H,5-8H2,1-4H3,(H,12,15). The summed E-state index contributed by atoms with van der Waals surface area (Å²) in [5.41, 5.74) is 0. The molecule has 0 fully saturated rings. The number of nitrogens with zero attached hydrogens (tertiary/aromatic N) is 1. The van der Waals surface area contributed by atoms with Crippen molar-refractivity contribution in [3.63, 3.8) is 0 Å². The molecule has 5 heteroatoms. The lowest BCUT2D eigenvalue weighted by Crippen LogP contribution is -2.36. The fraction of sp³-hybridized carbons (Fsp3) is 0.909. The maximum atomic E-state index is 11.3. The monoisotopic (exact) mass is 232 g/mol. The van der Waals surface area contributed by atoms with Crippen molar-refractivity contribution >= 4 is 5.91 Å². The van der Waals surface area contributed by atoms with Crippen LogP contribution in [0.1, 0.15) is 20.3 Å². The summed E-state index contributed by atoms with van der Waals surface area (Å²) in [6.07, 6.45) is -0.0443. The molecule has 0 saturated heterocycles. The molecule has 96 valence electrons. The molecule has 5 nitrogen and oxygen atoms in total. The number of amides is 1. The Morgan fingerprint density at radius 2 is 2.12 bits per heavy atom. The Bertz CT molecular complexity index is 198. The minimum Gasteiger partial charge on any atom is -0.389 e. The molecule has 1 atom stereocenters. The number of rotatable bonds is 8. The van der Waals surface area contributed by atoms with E-state index in [1.165, 1.54) is 0 Å². The van der Waals surface area contributed by atoms with Gasteiger partial charge >= 0.3 is 0 Å². The SMILES string of the molecule is COCC(O)CN(C)CCC(=O)NC(C)C. The van der Waals surface area contributed by atoms with Gasteiger partial charge in [-0.3, -0.25) is 4.79 Å². The van der Waals surface area contributed by atoms with Crippen LogP contribution in [0.15, 0.2) is 0 Å². The lowest BCUT2D eigenvalue weighted by Gasteiger charge is -2.20. The van der Waals surface area contributed by atoms with E-state index in [9.17, 15) is 9.90 Å². The molecule has 0 aliphatic rings. The number of aliphatic hydroxyl groups excluding tert-OH is 1. The zero-order valence-electron chi connectivity index (χ0n) is 10.7. The van der Waals surface area contributed by atoms with E-state index in [2.05, 4.69) is 5.32 Å². The highest BCUT2D eigenvalue weighted by Crippen LogP contribution is 1.93. The number of carbonyl (C=O) groups is 1. The molecular formula is C11H24N2O3. The van der Waals surface area contributed by atoms with Crippen LogP contribution in [-0.2, 0) is 9.53 Å². The van der Waals surface area contributed by atoms with E-state index < -0.39 is 6.10 Å². The molecular weight excluding hydrogens is 208 g/mol. The van der Waals surface area contributed by atoms with E-state index in [1.807, 2.05) is 25.8 Å². The van der Waals surface area contributed by atoms with Crippen LogP contribution < -0.4 is 5.32 Å². The number of likely N-dealkylation sites (N-methyl/N-ethyl adjacent to an activating group) is 1. The molecule has 0 spiro atoms. The molecule has 0 rings (SSSR count). The van der Waals surface area contributed by atoms with Gasteiger partial charge in [-0.1, -0.05) is 0 Å². The first-order chi connectivity index (χ1) is 7.45. The predicted molar refractivity (Wildman–Crippen MR) is 63.3 cm³/mol. The molecule has 1 unspecified atom stereocenters. The maximum Gasteiger partial charge on any atom is 0.221 e. The Morgan fingerprint density at radius 1 is 1.50 bits per heavy atom. The highest BCUT2D eigenvalue weighted by atomic mass is 16.5. The minimum absolute atomic E-state index is 0.0445. The van der Waals surface area contributed by atoms with Crippen LogP contribution in [-0.4, -0.2) is 61.9 Å². The molecule has 0 bridgehead atoms. The average Bonchev–Trinajstić information content (AvgIpc) is 2.14. The molecule has 0 aromatic rings. The van der Waals surface area contributed by atoms with Gasteiger partial charge in [-0.15, -0.1) is 0 Å². The molecule has 0 radical (unpaired) electrons. The summed E-state index contributed by atoms with van der Waals surface area (Å²) < 4.78 is 4.83. The highest BCUT2D eigenvalue weighted by Gasteiger charge is 2.09. The number of nitrogens with one attached hydrogen (secondary N) is 1. The van der Waals surface area contributed by atoms with E-state index in [0.717, 1.165) is 0 Å². The third kappa shape index (κ3) is 8.64. The lowest BCUT2D eigenvalue weighted by molar-refractivity contribution is -0.121. The Labute approximate surface area is 97.8 Å². The third-order valence-corrected chi connectivity index (χ3v) is 2.05. The van der Waals surface area contributed by atoms with Gasteiger partial charge in [0.25, 0.3) is 0 Å². The maximum absolute atomic E-state index is 11.3. The van der Waals surface area contributed by atoms with Gasteiger partial charge < -0.3 is 20.1 Å². The van der Waals surface area contributed by atoms with Crippen LogP contribution in [0.5, 0.6) is 0 Å². The first-order valence-electron chi connectivity index (χ1n) is 5.60. The quantitative estimate of drug-likeness (QED) is 0.610. The second-order valence-electron chi connectivity index (χ2n) is 4.34. The van der Waals surface area contributed by atoms with Crippen LogP contribution in [0.3, 0.4) is 0 Å². The van der Waals surface area contributed by atoms with Crippen molar-refractivity contribution in [2.45, 2.75) is 32.4 Å². The molecule has 0 aromatic heterocycles. The molecule has 0 aliphatic carbocycles. The molecule has 0 heterocycles. The van der Waals surface area contributed by atoms with Crippen LogP contribution in [0.4, 0.5) is 0 Å². The number of ether oxygens (including phenoxy) is 1. The molecule has 0 aliphatic heterocycles. The fourth-order valence-corrected chi connectivity index (χ4v) is 1.38. The fourth-order valence-electron chi connectivity index (χ4n) is 1.38. The van der Waals surface area contributed by atoms with Crippen LogP contribution in [0.25, 0.3) is 0 Å². The Morgan fingerprint density at radius 3 is 2.62 bits per heavy atom. The Kier molecular flexibility index (Phi) is 8.15. The summed E-state index contributed by atoms with van der Waals surface area (Å²) in [6, 6.07) is 0.178. The lowest BCUT2D eigenvalue weighted by atomic mass is 10.3. The first-order valence-corrected chi connectivity index (χ1v) is 5.60. The van der Waals surface area contributed by atoms with Crippen molar-refractivity contribution in [3.05, 3.63) is 0 Å². The molecule has 0 saturated carbocycles. The Hall–Kier alpha value is -0.650. The Balaban J connectivity index is 3.64. The summed E-state index contributed by atoms with van der Waals surface area (Å²) in [5, 5.41) is 12.3. The van der Waals surface area contributed by atoms with Crippen LogP contribution in [0, 0.1) is 0 Å². The van der Waals surface area contributed by atoms with Crippen molar-refractivity contribution in [2.75, 3.05) is 33.9 Å². The van der Waals surface area contributed by atoms with Crippen molar-refractivity contribution in [1.29, 1.82) is 0 Å². The van der Waals surface area contributed by atoms with Crippen molar-refractivity contribution in [2.24, 2.45) is 0 Å². The average molecular weight is 232 g/mol. The van der Waals surface area contributed by atoms with E-state index in [-0.39, 0.29) is 11.9 Å². The summed E-state index contributed by atoms with van der Waals surface area (Å²) in [5.74, 6) is 0.0445. The number of carbonyl (C=O) groups excluding carboxylic acids is 1. The first kappa shape index (κ1) is 15.3. The zero-order valence-corrected chi connectivity index (χ0v) is 10.7. The minimum atomic E-state index is -0.497. The van der Waals surface area contributed by atoms with Gasteiger partial charge in [0.2, 0.25) is 5.91 Å². The van der Waals surface area contributed by atoms with Gasteiger partial charge in [-0.2, -0.15) is 0 Å². The van der Waals surface area contributed by atoms with E-state index in [0.29, 0.717) is 26.1 Å². The number of methoxy groups -OCH3 is 1. The normalized spacial score (nSPS) is 13.2. The van der Waals surface area contributed by atoms with Crippen molar-refractivity contribution < 1.29 is 14.6 Å². The summed E-state index contributed by atoms with van der Waals surface area (Å²) in [4.78, 5) is 13.3. The van der Waals surface area contributed by atoms with E-state index >= 15 is 0 Å². The second kappa shape index (κ2) is 8.50. The number of hydrogen-bond donors (Lipinski definition) is 2. The van der Waals surface area contributed by atoms with Gasteiger partial charge in [0.1, 0.15) is 0 Å². The predicted octanol–water partition coefficient (Wildman–Crippen LogP) is -0.160. The second-order valence-corrected chi connectivity index (χ2v) is 4.34. The van der Waals surface area contributed by atoms with Crippen molar-refractivity contribution in [3.8, 4) is 0 Å². The number of hydrogen-bond acceptors (Lipinski definition) is 4. The molecule has 0 aromatic carbocycles. The summed E-state index contributed by atoms with van der Waals surface area (Å²) >= 11 is 0. The molecule has 16 heavy (non-hydrogen) atoms. The topological polar surface area (TPSA) is 61.8 Å². The van der Waals surface area contributed by atoms with Gasteiger partial charge in [0.05, 0.1) is 12.7 Å². The van der Waals surface area contributed by atoms with E-state index in [1.54, 1.807) is 7.11 Å². The molecule has 2 N–H and O–H groups in total. The largest absolute Gasteiger partial charge is 0.389 e. The third-order valence-electron chi connectivity index (χ3n) is 2.05. The smallest absolute Gasteiger partial charge is 0.221 e. The van der Waals surface area contributed by atoms with Gasteiger partial charge in [0, 0.05) is 32.7 Å².